The molecule has 1 aliphatic rings. The van der Waals surface area contributed by atoms with Crippen LogP contribution in [0.1, 0.15) is 39.0 Å². The molecule has 0 fully saturated rings. The average molecular weight is 272 g/mol. The first kappa shape index (κ1) is 15.7. The van der Waals surface area contributed by atoms with Gasteiger partial charge < -0.3 is 9.47 Å². The van der Waals surface area contributed by atoms with Crippen LogP contribution in [0, 0.1) is 5.41 Å². The monoisotopic (exact) mass is 272 g/mol. The highest BCUT2D eigenvalue weighted by molar-refractivity contribution is 5.89. The van der Waals surface area contributed by atoms with Gasteiger partial charge in [0.1, 0.15) is 6.67 Å². The standard InChI is InChI=1S/C14H21FO4/c1-3-4-9-19-13(17)14(10-15)7-5-11(6-8-14)12(16)18-2/h5H,3-4,6-10H2,1-2H3. The summed E-state index contributed by atoms with van der Waals surface area (Å²) in [6, 6.07) is 0. The Morgan fingerprint density at radius 1 is 1.47 bits per heavy atom. The van der Waals surface area contributed by atoms with Gasteiger partial charge in [0.15, 0.2) is 0 Å². The molecule has 1 unspecified atom stereocenters. The predicted molar refractivity (Wildman–Crippen MR) is 68.2 cm³/mol. The van der Waals surface area contributed by atoms with Crippen LogP contribution in [0.4, 0.5) is 4.39 Å². The molecule has 0 aromatic carbocycles. The maximum absolute atomic E-state index is 13.3. The van der Waals surface area contributed by atoms with Crippen LogP contribution in [0.2, 0.25) is 0 Å². The highest BCUT2D eigenvalue weighted by Gasteiger charge is 2.42. The van der Waals surface area contributed by atoms with Gasteiger partial charge in [-0.3, -0.25) is 4.79 Å². The SMILES string of the molecule is CCCCOC(=O)C1(CF)CC=C(C(=O)OC)CC1. The first-order valence-electron chi connectivity index (χ1n) is 6.60. The zero-order valence-corrected chi connectivity index (χ0v) is 11.5. The van der Waals surface area contributed by atoms with Gasteiger partial charge in [-0.05, 0) is 25.7 Å². The quantitative estimate of drug-likeness (QED) is 0.551. The van der Waals surface area contributed by atoms with Crippen molar-refractivity contribution in [1.82, 2.24) is 0 Å². The molecule has 0 N–H and O–H groups in total. The number of methoxy groups -OCH3 is 1. The van der Waals surface area contributed by atoms with E-state index in [4.69, 9.17) is 4.74 Å². The zero-order chi connectivity index (χ0) is 14.3. The number of hydrogen-bond acceptors (Lipinski definition) is 4. The second-order valence-corrected chi connectivity index (χ2v) is 4.83. The molecule has 0 saturated heterocycles. The van der Waals surface area contributed by atoms with E-state index in [2.05, 4.69) is 4.74 Å². The Morgan fingerprint density at radius 2 is 2.21 bits per heavy atom. The Balaban J connectivity index is 2.66. The van der Waals surface area contributed by atoms with Crippen LogP contribution in [0.15, 0.2) is 11.6 Å². The summed E-state index contributed by atoms with van der Waals surface area (Å²) in [6.45, 7) is 1.55. The van der Waals surface area contributed by atoms with E-state index in [1.807, 2.05) is 6.92 Å². The van der Waals surface area contributed by atoms with Crippen molar-refractivity contribution in [2.75, 3.05) is 20.4 Å². The number of alkyl halides is 1. The molecule has 19 heavy (non-hydrogen) atoms. The maximum atomic E-state index is 13.3. The first-order chi connectivity index (χ1) is 9.09. The molecule has 108 valence electrons. The number of rotatable bonds is 6. The molecule has 0 spiro atoms. The Kier molecular flexibility index (Phi) is 5.99. The summed E-state index contributed by atoms with van der Waals surface area (Å²) in [6.07, 6.45) is 4.11. The number of carbonyl (C=O) groups is 2. The fraction of sp³-hybridized carbons (Fsp3) is 0.714. The van der Waals surface area contributed by atoms with E-state index in [0.717, 1.165) is 12.8 Å². The number of ether oxygens (including phenoxy) is 2. The van der Waals surface area contributed by atoms with Gasteiger partial charge in [0, 0.05) is 5.57 Å². The van der Waals surface area contributed by atoms with Crippen molar-refractivity contribution in [3.05, 3.63) is 11.6 Å². The number of unbranched alkanes of at least 4 members (excludes halogenated alkanes) is 1. The summed E-state index contributed by atoms with van der Waals surface area (Å²) in [5, 5.41) is 0. The molecule has 0 radical (unpaired) electrons. The first-order valence-corrected chi connectivity index (χ1v) is 6.60. The lowest BCUT2D eigenvalue weighted by molar-refractivity contribution is -0.158. The summed E-state index contributed by atoms with van der Waals surface area (Å²) in [4.78, 5) is 23.3. The van der Waals surface area contributed by atoms with Gasteiger partial charge in [-0.25, -0.2) is 9.18 Å². The molecule has 0 bridgehead atoms. The lowest BCUT2D eigenvalue weighted by atomic mass is 9.76. The minimum absolute atomic E-state index is 0.193. The zero-order valence-electron chi connectivity index (χ0n) is 11.5. The summed E-state index contributed by atoms with van der Waals surface area (Å²) in [5.41, 5.74) is -0.612. The number of hydrogen-bond donors (Lipinski definition) is 0. The minimum Gasteiger partial charge on any atom is -0.466 e. The molecule has 1 aliphatic carbocycles. The van der Waals surface area contributed by atoms with Gasteiger partial charge in [-0.1, -0.05) is 19.4 Å². The Bertz CT molecular complexity index is 364. The lowest BCUT2D eigenvalue weighted by Gasteiger charge is -2.31. The van der Waals surface area contributed by atoms with E-state index in [9.17, 15) is 14.0 Å². The van der Waals surface area contributed by atoms with Crippen LogP contribution in [0.5, 0.6) is 0 Å². The van der Waals surface area contributed by atoms with Gasteiger partial charge >= 0.3 is 11.9 Å². The lowest BCUT2D eigenvalue weighted by Crippen LogP contribution is -2.37. The molecule has 0 aromatic rings. The predicted octanol–water partition coefficient (Wildman–Crippen LogP) is 2.57. The largest absolute Gasteiger partial charge is 0.466 e. The highest BCUT2D eigenvalue weighted by atomic mass is 19.1. The molecule has 0 saturated carbocycles. The molecule has 1 rings (SSSR count). The van der Waals surface area contributed by atoms with Crippen molar-refractivity contribution < 1.29 is 23.5 Å². The summed E-state index contributed by atoms with van der Waals surface area (Å²) in [5.74, 6) is -0.907. The Hall–Kier alpha value is -1.39. The van der Waals surface area contributed by atoms with Gasteiger partial charge in [-0.2, -0.15) is 0 Å². The van der Waals surface area contributed by atoms with E-state index in [0.29, 0.717) is 18.6 Å². The molecule has 0 aromatic heterocycles. The Morgan fingerprint density at radius 3 is 2.68 bits per heavy atom. The van der Waals surface area contributed by atoms with E-state index in [1.165, 1.54) is 7.11 Å². The molecule has 4 nitrogen and oxygen atoms in total. The maximum Gasteiger partial charge on any atom is 0.333 e. The van der Waals surface area contributed by atoms with E-state index in [1.54, 1.807) is 6.08 Å². The van der Waals surface area contributed by atoms with Crippen molar-refractivity contribution in [2.45, 2.75) is 39.0 Å². The molecule has 0 amide bonds. The van der Waals surface area contributed by atoms with Gasteiger partial charge in [-0.15, -0.1) is 0 Å². The highest BCUT2D eigenvalue weighted by Crippen LogP contribution is 2.37. The second-order valence-electron chi connectivity index (χ2n) is 4.83. The van der Waals surface area contributed by atoms with Crippen LogP contribution < -0.4 is 0 Å². The van der Waals surface area contributed by atoms with Crippen LogP contribution >= 0.6 is 0 Å². The third-order valence-corrected chi connectivity index (χ3v) is 3.48. The van der Waals surface area contributed by atoms with Crippen molar-refractivity contribution in [1.29, 1.82) is 0 Å². The third kappa shape index (κ3) is 3.78. The van der Waals surface area contributed by atoms with Crippen molar-refractivity contribution in [2.24, 2.45) is 5.41 Å². The second kappa shape index (κ2) is 7.26. The topological polar surface area (TPSA) is 52.6 Å². The van der Waals surface area contributed by atoms with Gasteiger partial charge in [0.05, 0.1) is 19.1 Å². The molecule has 5 heteroatoms. The number of allylic oxidation sites excluding steroid dienone is 1. The number of halogens is 1. The molecule has 0 heterocycles. The summed E-state index contributed by atoms with van der Waals surface area (Å²) in [7, 11) is 1.30. The van der Waals surface area contributed by atoms with Crippen LogP contribution in [0.25, 0.3) is 0 Å². The minimum atomic E-state index is -1.12. The van der Waals surface area contributed by atoms with E-state index in [-0.39, 0.29) is 12.8 Å². The average Bonchev–Trinajstić information content (AvgIpc) is 2.46. The number of carbonyl (C=O) groups excluding carboxylic acids is 2. The third-order valence-electron chi connectivity index (χ3n) is 3.48. The van der Waals surface area contributed by atoms with Crippen LogP contribution in [-0.4, -0.2) is 32.3 Å². The van der Waals surface area contributed by atoms with E-state index >= 15 is 0 Å². The fourth-order valence-corrected chi connectivity index (χ4v) is 2.04. The fourth-order valence-electron chi connectivity index (χ4n) is 2.04. The number of esters is 2. The van der Waals surface area contributed by atoms with Crippen molar-refractivity contribution in [3.8, 4) is 0 Å². The van der Waals surface area contributed by atoms with Crippen LogP contribution in [0.3, 0.4) is 0 Å². The molecule has 1 atom stereocenters. The summed E-state index contributed by atoms with van der Waals surface area (Å²) < 4.78 is 23.0. The normalized spacial score (nSPS) is 22.6. The Labute approximate surface area is 113 Å². The summed E-state index contributed by atoms with van der Waals surface area (Å²) >= 11 is 0. The van der Waals surface area contributed by atoms with E-state index < -0.39 is 24.0 Å². The van der Waals surface area contributed by atoms with Gasteiger partial charge in [0.2, 0.25) is 0 Å². The molecule has 0 aliphatic heterocycles. The molecular formula is C14H21FO4. The van der Waals surface area contributed by atoms with Gasteiger partial charge in [0.25, 0.3) is 0 Å². The smallest absolute Gasteiger partial charge is 0.333 e. The molecular weight excluding hydrogens is 251 g/mol. The van der Waals surface area contributed by atoms with Crippen molar-refractivity contribution >= 4 is 11.9 Å². The van der Waals surface area contributed by atoms with Crippen LogP contribution in [-0.2, 0) is 19.1 Å². The van der Waals surface area contributed by atoms with Crippen molar-refractivity contribution in [3.63, 3.8) is 0 Å².